The summed E-state index contributed by atoms with van der Waals surface area (Å²) in [5.41, 5.74) is 5.20. The molecular formula is C23H29FN2O2. The summed E-state index contributed by atoms with van der Waals surface area (Å²) in [4.78, 5) is 12.0. The highest BCUT2D eigenvalue weighted by Crippen LogP contribution is 2.39. The van der Waals surface area contributed by atoms with Gasteiger partial charge in [-0.3, -0.25) is 4.79 Å². The van der Waals surface area contributed by atoms with Gasteiger partial charge in [0.15, 0.2) is 0 Å². The zero-order valence-corrected chi connectivity index (χ0v) is 17.4. The lowest BCUT2D eigenvalue weighted by molar-refractivity contribution is -0.120. The summed E-state index contributed by atoms with van der Waals surface area (Å²) >= 11 is 0. The van der Waals surface area contributed by atoms with Gasteiger partial charge >= 0.3 is 0 Å². The topological polar surface area (TPSA) is 61.7 Å². The van der Waals surface area contributed by atoms with Crippen molar-refractivity contribution >= 4 is 12.1 Å². The lowest BCUT2D eigenvalue weighted by Gasteiger charge is -2.27. The molecule has 0 bridgehead atoms. The molecule has 150 valence electrons. The first-order chi connectivity index (χ1) is 12.9. The van der Waals surface area contributed by atoms with Crippen LogP contribution in [-0.2, 0) is 22.0 Å². The molecule has 2 N–H and O–H groups in total. The molecule has 0 atom stereocenters. The van der Waals surface area contributed by atoms with Crippen molar-refractivity contribution in [3.63, 3.8) is 0 Å². The first-order valence-electron chi connectivity index (χ1n) is 9.32. The van der Waals surface area contributed by atoms with Gasteiger partial charge in [0.05, 0.1) is 12.6 Å². The highest BCUT2D eigenvalue weighted by atomic mass is 19.1. The number of carbonyl (C=O) groups excluding carboxylic acids is 1. The first-order valence-corrected chi connectivity index (χ1v) is 9.32. The molecular weight excluding hydrogens is 355 g/mol. The Labute approximate surface area is 166 Å². The first kappa shape index (κ1) is 21.6. The Morgan fingerprint density at radius 2 is 1.54 bits per heavy atom. The molecule has 2 aromatic rings. The normalized spacial score (nSPS) is 12.4. The fourth-order valence-corrected chi connectivity index (χ4v) is 2.88. The second-order valence-electron chi connectivity index (χ2n) is 9.06. The van der Waals surface area contributed by atoms with Crippen molar-refractivity contribution in [3.05, 3.63) is 64.5 Å². The van der Waals surface area contributed by atoms with Crippen molar-refractivity contribution in [1.82, 2.24) is 5.43 Å². The number of benzene rings is 2. The quantitative estimate of drug-likeness (QED) is 0.586. The van der Waals surface area contributed by atoms with Crippen LogP contribution in [0.4, 0.5) is 4.39 Å². The zero-order chi connectivity index (χ0) is 21.1. The van der Waals surface area contributed by atoms with Crippen LogP contribution in [0.1, 0.15) is 63.8 Å². The Morgan fingerprint density at radius 3 is 2.00 bits per heavy atom. The van der Waals surface area contributed by atoms with E-state index in [1.807, 2.05) is 53.7 Å². The lowest BCUT2D eigenvalue weighted by atomic mass is 9.78. The van der Waals surface area contributed by atoms with Crippen molar-refractivity contribution in [2.45, 2.75) is 58.8 Å². The number of hydrogen-bond acceptors (Lipinski definition) is 3. The molecule has 0 aliphatic rings. The van der Waals surface area contributed by atoms with Crippen LogP contribution in [0.3, 0.4) is 0 Å². The monoisotopic (exact) mass is 384 g/mol. The molecule has 0 fully saturated rings. The molecule has 0 saturated carbocycles. The van der Waals surface area contributed by atoms with Crippen molar-refractivity contribution in [2.24, 2.45) is 5.10 Å². The number of aromatic hydroxyl groups is 1. The van der Waals surface area contributed by atoms with Crippen LogP contribution < -0.4 is 5.43 Å². The molecule has 28 heavy (non-hydrogen) atoms. The van der Waals surface area contributed by atoms with Crippen LogP contribution in [0.5, 0.6) is 5.75 Å². The van der Waals surface area contributed by atoms with Gasteiger partial charge in [-0.2, -0.15) is 5.10 Å². The predicted octanol–water partition coefficient (Wildman–Crippen LogP) is 4.82. The molecule has 0 heterocycles. The minimum atomic E-state index is -0.334. The van der Waals surface area contributed by atoms with E-state index in [9.17, 15) is 14.3 Å². The third-order valence-corrected chi connectivity index (χ3v) is 4.43. The van der Waals surface area contributed by atoms with Crippen LogP contribution in [0.25, 0.3) is 0 Å². The predicted molar refractivity (Wildman–Crippen MR) is 111 cm³/mol. The molecule has 5 heteroatoms. The maximum absolute atomic E-state index is 12.9. The Hall–Kier alpha value is -2.69. The number of amides is 1. The number of nitrogens with one attached hydrogen (secondary N) is 1. The molecule has 1 amide bonds. The van der Waals surface area contributed by atoms with Gasteiger partial charge in [-0.05, 0) is 46.2 Å². The summed E-state index contributed by atoms with van der Waals surface area (Å²) in [7, 11) is 0. The van der Waals surface area contributed by atoms with E-state index in [0.29, 0.717) is 11.3 Å². The Balaban J connectivity index is 2.20. The third-order valence-electron chi connectivity index (χ3n) is 4.43. The number of hydrogen-bond donors (Lipinski definition) is 2. The molecule has 0 saturated heterocycles. The second kappa shape index (κ2) is 8.13. The lowest BCUT2D eigenvalue weighted by Crippen LogP contribution is -2.20. The number of hydrazone groups is 1. The summed E-state index contributed by atoms with van der Waals surface area (Å²) in [5.74, 6) is -0.315. The smallest absolute Gasteiger partial charge is 0.244 e. The van der Waals surface area contributed by atoms with E-state index in [-0.39, 0.29) is 29.0 Å². The average Bonchev–Trinajstić information content (AvgIpc) is 2.56. The molecule has 0 aromatic heterocycles. The molecule has 0 unspecified atom stereocenters. The molecule has 0 aliphatic heterocycles. The Bertz CT molecular complexity index is 838. The van der Waals surface area contributed by atoms with E-state index >= 15 is 0 Å². The Morgan fingerprint density at radius 1 is 1.04 bits per heavy atom. The number of halogens is 1. The van der Waals surface area contributed by atoms with Crippen LogP contribution in [0.15, 0.2) is 41.5 Å². The zero-order valence-electron chi connectivity index (χ0n) is 17.4. The van der Waals surface area contributed by atoms with Crippen LogP contribution >= 0.6 is 0 Å². The molecule has 0 radical (unpaired) electrons. The van der Waals surface area contributed by atoms with Crippen molar-refractivity contribution in [1.29, 1.82) is 0 Å². The summed E-state index contributed by atoms with van der Waals surface area (Å²) < 4.78 is 12.9. The molecule has 2 rings (SSSR count). The highest BCUT2D eigenvalue weighted by molar-refractivity contribution is 5.84. The minimum Gasteiger partial charge on any atom is -0.507 e. The van der Waals surface area contributed by atoms with Gasteiger partial charge in [0.1, 0.15) is 11.6 Å². The molecule has 4 nitrogen and oxygen atoms in total. The van der Waals surface area contributed by atoms with Gasteiger partial charge in [-0.15, -0.1) is 0 Å². The molecule has 0 aliphatic carbocycles. The standard InChI is InChI=1S/C23H29FN2O2/c1-22(2,3)18-11-16(12-19(21(18)28)23(4,5)6)14-25-26-20(27)13-15-7-9-17(24)10-8-15/h7-12,14,28H,13H2,1-6H3,(H,26,27)/b25-14+. The SMILES string of the molecule is CC(C)(C)c1cc(/C=N/NC(=O)Cc2ccc(F)cc2)cc(C(C)(C)C)c1O. The van der Waals surface area contributed by atoms with Gasteiger partial charge in [0.25, 0.3) is 0 Å². The summed E-state index contributed by atoms with van der Waals surface area (Å²) in [5, 5.41) is 14.8. The van der Waals surface area contributed by atoms with E-state index < -0.39 is 0 Å². The van der Waals surface area contributed by atoms with E-state index in [1.54, 1.807) is 18.3 Å². The van der Waals surface area contributed by atoms with E-state index in [0.717, 1.165) is 16.7 Å². The third kappa shape index (κ3) is 5.65. The van der Waals surface area contributed by atoms with Gasteiger partial charge < -0.3 is 5.11 Å². The van der Waals surface area contributed by atoms with Crippen molar-refractivity contribution in [2.75, 3.05) is 0 Å². The fourth-order valence-electron chi connectivity index (χ4n) is 2.88. The maximum atomic E-state index is 12.9. The average molecular weight is 384 g/mol. The van der Waals surface area contributed by atoms with Gasteiger partial charge in [0.2, 0.25) is 5.91 Å². The summed E-state index contributed by atoms with van der Waals surface area (Å²) in [6.07, 6.45) is 1.69. The van der Waals surface area contributed by atoms with E-state index in [4.69, 9.17) is 0 Å². The van der Waals surface area contributed by atoms with Crippen LogP contribution in [0, 0.1) is 5.82 Å². The van der Waals surface area contributed by atoms with Crippen LogP contribution in [-0.4, -0.2) is 17.2 Å². The Kier molecular flexibility index (Phi) is 6.27. The van der Waals surface area contributed by atoms with Crippen molar-refractivity contribution < 1.29 is 14.3 Å². The largest absolute Gasteiger partial charge is 0.507 e. The maximum Gasteiger partial charge on any atom is 0.244 e. The molecule has 2 aromatic carbocycles. The number of carbonyl (C=O) groups is 1. The summed E-state index contributed by atoms with van der Waals surface area (Å²) in [6, 6.07) is 9.57. The van der Waals surface area contributed by atoms with Gasteiger partial charge in [0, 0.05) is 11.1 Å². The summed E-state index contributed by atoms with van der Waals surface area (Å²) in [6.45, 7) is 12.2. The van der Waals surface area contributed by atoms with Gasteiger partial charge in [-0.25, -0.2) is 9.82 Å². The number of nitrogens with zero attached hydrogens (tertiary/aromatic N) is 1. The minimum absolute atomic E-state index is 0.119. The number of rotatable bonds is 4. The number of phenols is 1. The van der Waals surface area contributed by atoms with E-state index in [1.165, 1.54) is 12.1 Å². The fraction of sp³-hybridized carbons (Fsp3) is 0.391. The van der Waals surface area contributed by atoms with Crippen molar-refractivity contribution in [3.8, 4) is 5.75 Å². The highest BCUT2D eigenvalue weighted by Gasteiger charge is 2.26. The van der Waals surface area contributed by atoms with Gasteiger partial charge in [-0.1, -0.05) is 53.7 Å². The van der Waals surface area contributed by atoms with E-state index in [2.05, 4.69) is 10.5 Å². The molecule has 0 spiro atoms. The van der Waals surface area contributed by atoms with Crippen LogP contribution in [0.2, 0.25) is 0 Å². The number of phenolic OH excluding ortho intramolecular Hbond substituents is 1. The second-order valence-corrected chi connectivity index (χ2v) is 9.06.